The van der Waals surface area contributed by atoms with Gasteiger partial charge < -0.3 is 4.40 Å². The van der Waals surface area contributed by atoms with Crippen LogP contribution < -0.4 is 0 Å². The number of carbonyl (C=O) groups excluding carboxylic acids is 1. The SMILES string of the molecule is CC(CC(C)c1cn2ccccc2n1)C(=O)CCl. The summed E-state index contributed by atoms with van der Waals surface area (Å²) in [5, 5.41) is 0. The first-order valence-corrected chi connectivity index (χ1v) is 6.67. The van der Waals surface area contributed by atoms with Crippen LogP contribution in [-0.2, 0) is 4.79 Å². The molecule has 2 rings (SSSR count). The fraction of sp³-hybridized carbons (Fsp3) is 0.429. The molecular formula is C14H17ClN2O. The van der Waals surface area contributed by atoms with Crippen molar-refractivity contribution in [2.75, 3.05) is 5.88 Å². The molecule has 4 heteroatoms. The fourth-order valence-electron chi connectivity index (χ4n) is 2.11. The Balaban J connectivity index is 2.13. The van der Waals surface area contributed by atoms with E-state index in [1.54, 1.807) is 0 Å². The number of pyridine rings is 1. The van der Waals surface area contributed by atoms with Crippen molar-refractivity contribution < 1.29 is 4.79 Å². The number of hydrogen-bond acceptors (Lipinski definition) is 2. The monoisotopic (exact) mass is 264 g/mol. The summed E-state index contributed by atoms with van der Waals surface area (Å²) in [6, 6.07) is 5.92. The van der Waals surface area contributed by atoms with Gasteiger partial charge in [0.2, 0.25) is 0 Å². The molecule has 0 saturated carbocycles. The van der Waals surface area contributed by atoms with Crippen LogP contribution in [-0.4, -0.2) is 21.0 Å². The van der Waals surface area contributed by atoms with Crippen LogP contribution in [0.3, 0.4) is 0 Å². The summed E-state index contributed by atoms with van der Waals surface area (Å²) >= 11 is 5.57. The van der Waals surface area contributed by atoms with E-state index in [1.807, 2.05) is 41.9 Å². The van der Waals surface area contributed by atoms with Gasteiger partial charge in [-0.3, -0.25) is 4.79 Å². The van der Waals surface area contributed by atoms with Gasteiger partial charge in [-0.25, -0.2) is 4.98 Å². The van der Waals surface area contributed by atoms with E-state index in [0.29, 0.717) is 0 Å². The molecule has 0 N–H and O–H groups in total. The van der Waals surface area contributed by atoms with Gasteiger partial charge in [0.05, 0.1) is 11.6 Å². The van der Waals surface area contributed by atoms with Crippen molar-refractivity contribution in [3.05, 3.63) is 36.3 Å². The van der Waals surface area contributed by atoms with Crippen LogP contribution in [0.1, 0.15) is 31.9 Å². The minimum atomic E-state index is -0.0117. The lowest BCUT2D eigenvalue weighted by Crippen LogP contribution is -2.14. The number of rotatable bonds is 5. The van der Waals surface area contributed by atoms with Gasteiger partial charge in [0, 0.05) is 24.2 Å². The largest absolute Gasteiger partial charge is 0.307 e. The van der Waals surface area contributed by atoms with Crippen molar-refractivity contribution in [2.24, 2.45) is 5.92 Å². The highest BCUT2D eigenvalue weighted by molar-refractivity contribution is 6.27. The molecule has 2 aromatic rings. The van der Waals surface area contributed by atoms with E-state index in [4.69, 9.17) is 11.6 Å². The predicted molar refractivity (Wildman–Crippen MR) is 73.1 cm³/mol. The van der Waals surface area contributed by atoms with E-state index < -0.39 is 0 Å². The molecule has 2 aromatic heterocycles. The van der Waals surface area contributed by atoms with E-state index >= 15 is 0 Å². The number of imidazole rings is 1. The lowest BCUT2D eigenvalue weighted by molar-refractivity contribution is -0.120. The van der Waals surface area contributed by atoms with Gasteiger partial charge in [0.25, 0.3) is 0 Å². The topological polar surface area (TPSA) is 34.4 Å². The number of ketones is 1. The van der Waals surface area contributed by atoms with Crippen molar-refractivity contribution in [1.29, 1.82) is 0 Å². The lowest BCUT2D eigenvalue weighted by Gasteiger charge is -2.13. The van der Waals surface area contributed by atoms with Crippen LogP contribution >= 0.6 is 11.6 Å². The Kier molecular flexibility index (Phi) is 4.02. The number of nitrogens with zero attached hydrogens (tertiary/aromatic N) is 2. The molecule has 0 fully saturated rings. The first-order chi connectivity index (χ1) is 8.61. The third-order valence-electron chi connectivity index (χ3n) is 3.28. The molecule has 2 atom stereocenters. The van der Waals surface area contributed by atoms with Crippen molar-refractivity contribution in [3.63, 3.8) is 0 Å². The van der Waals surface area contributed by atoms with Crippen molar-refractivity contribution in [3.8, 4) is 0 Å². The molecule has 0 aliphatic rings. The molecule has 2 unspecified atom stereocenters. The Bertz CT molecular complexity index is 516. The average Bonchev–Trinajstić information content (AvgIpc) is 2.81. The summed E-state index contributed by atoms with van der Waals surface area (Å²) in [6.07, 6.45) is 4.79. The number of halogens is 1. The van der Waals surface area contributed by atoms with Gasteiger partial charge in [-0.2, -0.15) is 0 Å². The molecule has 0 saturated heterocycles. The third-order valence-corrected chi connectivity index (χ3v) is 3.54. The standard InChI is InChI=1S/C14H17ClN2O/c1-10(7-11(2)13(18)8-15)12-9-17-6-4-3-5-14(17)16-12/h3-6,9-11H,7-8H2,1-2H3. The van der Waals surface area contributed by atoms with Crippen LogP contribution in [0.4, 0.5) is 0 Å². The van der Waals surface area contributed by atoms with E-state index in [-0.39, 0.29) is 23.5 Å². The van der Waals surface area contributed by atoms with E-state index in [9.17, 15) is 4.79 Å². The molecule has 0 aromatic carbocycles. The maximum atomic E-state index is 11.5. The highest BCUT2D eigenvalue weighted by atomic mass is 35.5. The second-order valence-electron chi connectivity index (χ2n) is 4.77. The van der Waals surface area contributed by atoms with Gasteiger partial charge in [0.15, 0.2) is 0 Å². The van der Waals surface area contributed by atoms with Gasteiger partial charge >= 0.3 is 0 Å². The summed E-state index contributed by atoms with van der Waals surface area (Å²) in [5.74, 6) is 0.445. The average molecular weight is 265 g/mol. The van der Waals surface area contributed by atoms with Crippen LogP contribution in [0.5, 0.6) is 0 Å². The molecule has 2 heterocycles. The smallest absolute Gasteiger partial charge is 0.150 e. The van der Waals surface area contributed by atoms with Crippen LogP contribution in [0.15, 0.2) is 30.6 Å². The molecule has 0 aliphatic heterocycles. The summed E-state index contributed by atoms with van der Waals surface area (Å²) in [6.45, 7) is 4.02. The van der Waals surface area contributed by atoms with Crippen molar-refractivity contribution >= 4 is 23.0 Å². The first kappa shape index (κ1) is 13.1. The normalized spacial score (nSPS) is 14.6. The molecule has 0 radical (unpaired) electrons. The number of alkyl halides is 1. The number of carbonyl (C=O) groups is 1. The predicted octanol–water partition coefficient (Wildman–Crippen LogP) is 3.27. The summed E-state index contributed by atoms with van der Waals surface area (Å²) < 4.78 is 2.00. The fourth-order valence-corrected chi connectivity index (χ4v) is 2.37. The summed E-state index contributed by atoms with van der Waals surface area (Å²) in [5.41, 5.74) is 1.96. The molecule has 0 amide bonds. The highest BCUT2D eigenvalue weighted by Crippen LogP contribution is 2.23. The molecule has 0 aliphatic carbocycles. The maximum absolute atomic E-state index is 11.5. The second-order valence-corrected chi connectivity index (χ2v) is 5.04. The molecule has 18 heavy (non-hydrogen) atoms. The maximum Gasteiger partial charge on any atom is 0.150 e. The van der Waals surface area contributed by atoms with Crippen LogP contribution in [0.2, 0.25) is 0 Å². The lowest BCUT2D eigenvalue weighted by atomic mass is 9.93. The van der Waals surface area contributed by atoms with Crippen LogP contribution in [0, 0.1) is 5.92 Å². The molecule has 96 valence electrons. The number of aromatic nitrogens is 2. The number of hydrogen-bond donors (Lipinski definition) is 0. The van der Waals surface area contributed by atoms with Crippen molar-refractivity contribution in [2.45, 2.75) is 26.2 Å². The first-order valence-electron chi connectivity index (χ1n) is 6.14. The van der Waals surface area contributed by atoms with Gasteiger partial charge in [0.1, 0.15) is 11.4 Å². The third kappa shape index (κ3) is 2.72. The number of fused-ring (bicyclic) bond motifs is 1. The molecule has 0 bridgehead atoms. The Morgan fingerprint density at radius 3 is 2.89 bits per heavy atom. The van der Waals surface area contributed by atoms with Gasteiger partial charge in [-0.05, 0) is 18.6 Å². The van der Waals surface area contributed by atoms with E-state index in [0.717, 1.165) is 17.8 Å². The Hall–Kier alpha value is -1.35. The Morgan fingerprint density at radius 1 is 1.44 bits per heavy atom. The molecule has 0 spiro atoms. The minimum absolute atomic E-state index is 0.0117. The zero-order chi connectivity index (χ0) is 13.1. The Labute approximate surface area is 112 Å². The zero-order valence-electron chi connectivity index (χ0n) is 10.6. The van der Waals surface area contributed by atoms with E-state index in [2.05, 4.69) is 11.9 Å². The zero-order valence-corrected chi connectivity index (χ0v) is 11.4. The van der Waals surface area contributed by atoms with Gasteiger partial charge in [-0.15, -0.1) is 11.6 Å². The van der Waals surface area contributed by atoms with Gasteiger partial charge in [-0.1, -0.05) is 19.9 Å². The van der Waals surface area contributed by atoms with Crippen molar-refractivity contribution in [1.82, 2.24) is 9.38 Å². The number of Topliss-reactive ketones (excluding diaryl/α,β-unsaturated/α-hetero) is 1. The molecular weight excluding hydrogens is 248 g/mol. The van der Waals surface area contributed by atoms with Crippen LogP contribution in [0.25, 0.3) is 5.65 Å². The molecule has 3 nitrogen and oxygen atoms in total. The minimum Gasteiger partial charge on any atom is -0.307 e. The summed E-state index contributed by atoms with van der Waals surface area (Å²) in [7, 11) is 0. The van der Waals surface area contributed by atoms with E-state index in [1.165, 1.54) is 0 Å². The second kappa shape index (κ2) is 5.53. The quantitative estimate of drug-likeness (QED) is 0.777. The Morgan fingerprint density at radius 2 is 2.22 bits per heavy atom. The highest BCUT2D eigenvalue weighted by Gasteiger charge is 2.18. The summed E-state index contributed by atoms with van der Waals surface area (Å²) in [4.78, 5) is 16.1.